The van der Waals surface area contributed by atoms with E-state index in [2.05, 4.69) is 10.1 Å². The summed E-state index contributed by atoms with van der Waals surface area (Å²) in [6.07, 6.45) is 0. The van der Waals surface area contributed by atoms with E-state index in [1.165, 1.54) is 12.0 Å². The summed E-state index contributed by atoms with van der Waals surface area (Å²) in [6.45, 7) is 5.64. The molecule has 2 N–H and O–H groups in total. The number of carbonyl (C=O) groups excluding carboxylic acids is 3. The maximum absolute atomic E-state index is 12.4. The summed E-state index contributed by atoms with van der Waals surface area (Å²) in [5.74, 6) is -1.31. The minimum atomic E-state index is -0.862. The van der Waals surface area contributed by atoms with Crippen LogP contribution in [-0.4, -0.2) is 55.8 Å². The number of nitrogens with zero attached hydrogens (tertiary/aromatic N) is 1. The average Bonchev–Trinajstić information content (AvgIpc) is 2.31. The molecule has 0 aromatic rings. The molecule has 6 heteroatoms. The molecule has 100 valence electrons. The summed E-state index contributed by atoms with van der Waals surface area (Å²) in [6, 6.07) is 0. The van der Waals surface area contributed by atoms with Gasteiger partial charge in [-0.25, -0.2) is 4.79 Å². The fraction of sp³-hybridized carbons (Fsp3) is 0.750. The third-order valence-electron chi connectivity index (χ3n) is 4.01. The van der Waals surface area contributed by atoms with Gasteiger partial charge in [0, 0.05) is 13.1 Å². The number of quaternary nitrogens is 1. The summed E-state index contributed by atoms with van der Waals surface area (Å²) in [5.41, 5.74) is -1.12. The van der Waals surface area contributed by atoms with Crippen molar-refractivity contribution >= 4 is 17.7 Å². The highest BCUT2D eigenvalue weighted by Crippen LogP contribution is 2.37. The fourth-order valence-corrected chi connectivity index (χ4v) is 3.15. The van der Waals surface area contributed by atoms with Crippen molar-refractivity contribution in [2.75, 3.05) is 33.3 Å². The third kappa shape index (κ3) is 1.80. The molecule has 18 heavy (non-hydrogen) atoms. The Kier molecular flexibility index (Phi) is 2.93. The molecule has 0 unspecified atom stereocenters. The van der Waals surface area contributed by atoms with Crippen LogP contribution in [0.1, 0.15) is 13.8 Å². The Morgan fingerprint density at radius 2 is 1.72 bits per heavy atom. The maximum atomic E-state index is 12.4. The fourth-order valence-electron chi connectivity index (χ4n) is 3.15. The normalized spacial score (nSPS) is 35.3. The molecular weight excluding hydrogens is 236 g/mol. The van der Waals surface area contributed by atoms with Crippen LogP contribution in [0, 0.1) is 10.8 Å². The zero-order chi connectivity index (χ0) is 13.6. The second-order valence-corrected chi connectivity index (χ2v) is 5.80. The second-order valence-electron chi connectivity index (χ2n) is 5.80. The van der Waals surface area contributed by atoms with Gasteiger partial charge in [0.25, 0.3) is 0 Å². The van der Waals surface area contributed by atoms with Crippen LogP contribution in [0.4, 0.5) is 0 Å². The molecule has 1 amide bonds. The molecule has 0 aromatic heterocycles. The smallest absolute Gasteiger partial charge is 0.396 e. The molecule has 0 saturated carbocycles. The van der Waals surface area contributed by atoms with Crippen LogP contribution in [0.3, 0.4) is 0 Å². The summed E-state index contributed by atoms with van der Waals surface area (Å²) >= 11 is 0. The molecule has 0 spiro atoms. The predicted octanol–water partition coefficient (Wildman–Crippen LogP) is -1.84. The maximum Gasteiger partial charge on any atom is 0.396 e. The number of fused-ring (bicyclic) bond motifs is 2. The monoisotopic (exact) mass is 255 g/mol. The van der Waals surface area contributed by atoms with Gasteiger partial charge in [-0.3, -0.25) is 9.59 Å². The van der Waals surface area contributed by atoms with Crippen molar-refractivity contribution in [3.8, 4) is 0 Å². The van der Waals surface area contributed by atoms with E-state index in [0.717, 1.165) is 0 Å². The van der Waals surface area contributed by atoms with E-state index in [4.69, 9.17) is 0 Å². The number of ketones is 1. The molecule has 0 aromatic carbocycles. The topological polar surface area (TPSA) is 80.3 Å². The third-order valence-corrected chi connectivity index (χ3v) is 4.01. The Labute approximate surface area is 106 Å². The number of rotatable bonds is 0. The molecule has 2 bridgehead atoms. The molecule has 2 saturated heterocycles. The van der Waals surface area contributed by atoms with Crippen molar-refractivity contribution in [2.45, 2.75) is 13.8 Å². The molecule has 6 nitrogen and oxygen atoms in total. The Hall–Kier alpha value is -1.43. The van der Waals surface area contributed by atoms with Gasteiger partial charge < -0.3 is 15.0 Å². The Bertz CT molecular complexity index is 400. The Balaban J connectivity index is 2.26. The van der Waals surface area contributed by atoms with E-state index >= 15 is 0 Å². The number of hydrogen-bond donors (Lipinski definition) is 1. The van der Waals surface area contributed by atoms with Crippen LogP contribution in [-0.2, 0) is 19.1 Å². The zero-order valence-electron chi connectivity index (χ0n) is 11.0. The first-order chi connectivity index (χ1) is 8.32. The standard InChI is InChI=1S/C12H18N2O4/c1-11-4-13-5-12(2,10(11)17)7-14(6-11)8(15)9(16)18-3/h13H,4-7H2,1-3H3/p+1/t11-,12+. The van der Waals surface area contributed by atoms with Gasteiger partial charge in [-0.05, 0) is 13.8 Å². The van der Waals surface area contributed by atoms with Gasteiger partial charge in [0.15, 0.2) is 5.78 Å². The van der Waals surface area contributed by atoms with Gasteiger partial charge in [-0.2, -0.15) is 0 Å². The van der Waals surface area contributed by atoms with E-state index in [1.807, 2.05) is 13.8 Å². The molecule has 2 rings (SSSR count). The predicted molar refractivity (Wildman–Crippen MR) is 61.5 cm³/mol. The number of ether oxygens (including phenoxy) is 1. The number of amides is 1. The van der Waals surface area contributed by atoms with Crippen LogP contribution in [0.5, 0.6) is 0 Å². The number of esters is 1. The highest BCUT2D eigenvalue weighted by Gasteiger charge is 2.57. The van der Waals surface area contributed by atoms with Gasteiger partial charge in [-0.1, -0.05) is 0 Å². The Morgan fingerprint density at radius 1 is 1.22 bits per heavy atom. The van der Waals surface area contributed by atoms with Crippen molar-refractivity contribution in [2.24, 2.45) is 10.8 Å². The number of likely N-dealkylation sites (tertiary alicyclic amines) is 1. The lowest BCUT2D eigenvalue weighted by atomic mass is 9.65. The van der Waals surface area contributed by atoms with Gasteiger partial charge in [0.05, 0.1) is 31.0 Å². The lowest BCUT2D eigenvalue weighted by molar-refractivity contribution is -0.681. The van der Waals surface area contributed by atoms with Crippen LogP contribution >= 0.6 is 0 Å². The van der Waals surface area contributed by atoms with Crippen molar-refractivity contribution in [3.05, 3.63) is 0 Å². The van der Waals surface area contributed by atoms with E-state index in [9.17, 15) is 14.4 Å². The molecule has 0 radical (unpaired) electrons. The SMILES string of the molecule is COC(=O)C(=O)N1C[C@]2(C)C[NH2+]C[C@](C)(C1)C2=O. The van der Waals surface area contributed by atoms with Gasteiger partial charge >= 0.3 is 11.9 Å². The van der Waals surface area contributed by atoms with Crippen molar-refractivity contribution in [1.82, 2.24) is 4.90 Å². The molecule has 2 heterocycles. The van der Waals surface area contributed by atoms with E-state index in [1.54, 1.807) is 0 Å². The first-order valence-corrected chi connectivity index (χ1v) is 6.06. The first-order valence-electron chi connectivity index (χ1n) is 6.06. The Morgan fingerprint density at radius 3 is 2.17 bits per heavy atom. The quantitative estimate of drug-likeness (QED) is 0.407. The lowest BCUT2D eigenvalue weighted by Gasteiger charge is -2.49. The second kappa shape index (κ2) is 4.05. The number of methoxy groups -OCH3 is 1. The van der Waals surface area contributed by atoms with E-state index in [0.29, 0.717) is 26.2 Å². The molecule has 2 aliphatic rings. The largest absolute Gasteiger partial charge is 0.462 e. The number of hydrogen-bond acceptors (Lipinski definition) is 4. The first kappa shape index (κ1) is 13.0. The number of Topliss-reactive ketones (excluding diaryl/α,β-unsaturated/α-hetero) is 1. The molecule has 0 aliphatic carbocycles. The average molecular weight is 255 g/mol. The van der Waals surface area contributed by atoms with E-state index < -0.39 is 22.7 Å². The van der Waals surface area contributed by atoms with E-state index in [-0.39, 0.29) is 5.78 Å². The van der Waals surface area contributed by atoms with Crippen LogP contribution in [0.2, 0.25) is 0 Å². The highest BCUT2D eigenvalue weighted by molar-refractivity contribution is 6.32. The molecular formula is C12H19N2O4+. The van der Waals surface area contributed by atoms with Gasteiger partial charge in [-0.15, -0.1) is 0 Å². The lowest BCUT2D eigenvalue weighted by Crippen LogP contribution is -2.96. The van der Waals surface area contributed by atoms with Crippen molar-refractivity contribution in [1.29, 1.82) is 0 Å². The summed E-state index contributed by atoms with van der Waals surface area (Å²) < 4.78 is 4.46. The molecule has 2 fully saturated rings. The van der Waals surface area contributed by atoms with Gasteiger partial charge in [0.1, 0.15) is 0 Å². The molecule has 2 aliphatic heterocycles. The number of carbonyl (C=O) groups is 3. The minimum absolute atomic E-state index is 0.200. The molecule has 2 atom stereocenters. The minimum Gasteiger partial charge on any atom is -0.462 e. The number of piperidine rings is 2. The van der Waals surface area contributed by atoms with Crippen LogP contribution in [0.15, 0.2) is 0 Å². The zero-order valence-corrected chi connectivity index (χ0v) is 11.0. The van der Waals surface area contributed by atoms with Crippen molar-refractivity contribution in [3.63, 3.8) is 0 Å². The van der Waals surface area contributed by atoms with Crippen molar-refractivity contribution < 1.29 is 24.4 Å². The summed E-state index contributed by atoms with van der Waals surface area (Å²) in [7, 11) is 1.19. The summed E-state index contributed by atoms with van der Waals surface area (Å²) in [5, 5.41) is 2.11. The number of nitrogens with two attached hydrogens (primary N) is 1. The van der Waals surface area contributed by atoms with Gasteiger partial charge in [0.2, 0.25) is 0 Å². The highest BCUT2D eigenvalue weighted by atomic mass is 16.5. The van der Waals surface area contributed by atoms with Crippen LogP contribution < -0.4 is 5.32 Å². The van der Waals surface area contributed by atoms with Crippen LogP contribution in [0.25, 0.3) is 0 Å². The summed E-state index contributed by atoms with van der Waals surface area (Å²) in [4.78, 5) is 37.0.